The summed E-state index contributed by atoms with van der Waals surface area (Å²) in [5, 5.41) is 0.915. The van der Waals surface area contributed by atoms with E-state index in [1.807, 2.05) is 6.07 Å². The Labute approximate surface area is 120 Å². The van der Waals surface area contributed by atoms with Gasteiger partial charge in [-0.3, -0.25) is 10.2 Å². The number of hydrogen-bond donors (Lipinski definition) is 2. The number of nitrogens with one attached hydrogen (secondary N) is 1. The predicted octanol–water partition coefficient (Wildman–Crippen LogP) is 1.25. The third kappa shape index (κ3) is 4.22. The molecule has 0 saturated heterocycles. The molecule has 0 unspecified atom stereocenters. The Hall–Kier alpha value is -2.12. The summed E-state index contributed by atoms with van der Waals surface area (Å²) in [6.07, 6.45) is 3.22. The smallest absolute Gasteiger partial charge is 0.265 e. The molecule has 0 aliphatic rings. The molecule has 0 saturated carbocycles. The van der Waals surface area contributed by atoms with Crippen LogP contribution in [0.4, 0.5) is 0 Å². The Morgan fingerprint density at radius 1 is 1.30 bits per heavy atom. The van der Waals surface area contributed by atoms with Crippen molar-refractivity contribution >= 4 is 17.7 Å². The second-order valence-corrected chi connectivity index (χ2v) is 4.86. The lowest BCUT2D eigenvalue weighted by Gasteiger charge is -2.06. The van der Waals surface area contributed by atoms with Gasteiger partial charge in [0, 0.05) is 17.5 Å². The van der Waals surface area contributed by atoms with Crippen molar-refractivity contribution in [3.8, 4) is 5.75 Å². The Bertz CT molecular complexity index is 548. The third-order valence-electron chi connectivity index (χ3n) is 2.40. The molecule has 0 aliphatic carbocycles. The van der Waals surface area contributed by atoms with Crippen LogP contribution in [-0.2, 0) is 0 Å². The SMILES string of the molecule is NNC(=O)c1ccc(OCCSc2ccncn2)cc1. The number of hydrogen-bond acceptors (Lipinski definition) is 6. The fourth-order valence-corrected chi connectivity index (χ4v) is 2.11. The van der Waals surface area contributed by atoms with Crippen LogP contribution in [0.3, 0.4) is 0 Å². The van der Waals surface area contributed by atoms with Gasteiger partial charge in [-0.25, -0.2) is 15.8 Å². The number of thioether (sulfide) groups is 1. The van der Waals surface area contributed by atoms with E-state index in [1.165, 1.54) is 6.33 Å². The molecule has 6 nitrogen and oxygen atoms in total. The lowest BCUT2D eigenvalue weighted by molar-refractivity contribution is 0.0953. The minimum Gasteiger partial charge on any atom is -0.493 e. The van der Waals surface area contributed by atoms with Gasteiger partial charge in [-0.15, -0.1) is 11.8 Å². The molecule has 0 bridgehead atoms. The third-order valence-corrected chi connectivity index (χ3v) is 3.31. The summed E-state index contributed by atoms with van der Waals surface area (Å²) in [6, 6.07) is 8.65. The van der Waals surface area contributed by atoms with Gasteiger partial charge in [-0.1, -0.05) is 0 Å². The van der Waals surface area contributed by atoms with Crippen molar-refractivity contribution in [1.29, 1.82) is 0 Å². The number of carbonyl (C=O) groups is 1. The summed E-state index contributed by atoms with van der Waals surface area (Å²) in [5.41, 5.74) is 2.57. The Morgan fingerprint density at radius 3 is 2.75 bits per heavy atom. The van der Waals surface area contributed by atoms with E-state index in [9.17, 15) is 4.79 Å². The Kier molecular flexibility index (Phi) is 5.33. The highest BCUT2D eigenvalue weighted by molar-refractivity contribution is 7.99. The molecule has 1 amide bonds. The predicted molar refractivity (Wildman–Crippen MR) is 76.3 cm³/mol. The van der Waals surface area contributed by atoms with Crippen LogP contribution in [0.2, 0.25) is 0 Å². The number of aromatic nitrogens is 2. The van der Waals surface area contributed by atoms with Gasteiger partial charge < -0.3 is 4.74 Å². The zero-order valence-electron chi connectivity index (χ0n) is 10.7. The number of nitrogen functional groups attached to an aromatic ring is 1. The average Bonchev–Trinajstić information content (AvgIpc) is 2.52. The van der Waals surface area contributed by atoms with Gasteiger partial charge in [-0.05, 0) is 30.3 Å². The molecule has 104 valence electrons. The summed E-state index contributed by atoms with van der Waals surface area (Å²) in [6.45, 7) is 0.553. The fraction of sp³-hybridized carbons (Fsp3) is 0.154. The van der Waals surface area contributed by atoms with Crippen LogP contribution in [0, 0.1) is 0 Å². The lowest BCUT2D eigenvalue weighted by Crippen LogP contribution is -2.29. The zero-order chi connectivity index (χ0) is 14.2. The van der Waals surface area contributed by atoms with E-state index in [2.05, 4.69) is 15.4 Å². The maximum absolute atomic E-state index is 11.2. The highest BCUT2D eigenvalue weighted by Crippen LogP contribution is 2.15. The van der Waals surface area contributed by atoms with Crippen LogP contribution in [0.25, 0.3) is 0 Å². The van der Waals surface area contributed by atoms with Gasteiger partial charge in [0.1, 0.15) is 12.1 Å². The lowest BCUT2D eigenvalue weighted by atomic mass is 10.2. The molecule has 2 rings (SSSR count). The molecular weight excluding hydrogens is 276 g/mol. The van der Waals surface area contributed by atoms with Crippen LogP contribution in [0.15, 0.2) is 47.9 Å². The highest BCUT2D eigenvalue weighted by atomic mass is 32.2. The molecule has 3 N–H and O–H groups in total. The van der Waals surface area contributed by atoms with Crippen LogP contribution in [0.1, 0.15) is 10.4 Å². The molecule has 0 aliphatic heterocycles. The van der Waals surface area contributed by atoms with Gasteiger partial charge >= 0.3 is 0 Å². The van der Waals surface area contributed by atoms with E-state index in [0.717, 1.165) is 10.8 Å². The monoisotopic (exact) mass is 290 g/mol. The quantitative estimate of drug-likeness (QED) is 0.208. The second kappa shape index (κ2) is 7.46. The van der Waals surface area contributed by atoms with Crippen molar-refractivity contribution in [2.24, 2.45) is 5.84 Å². The molecule has 1 aromatic heterocycles. The van der Waals surface area contributed by atoms with E-state index in [1.54, 1.807) is 42.2 Å². The first-order chi connectivity index (χ1) is 9.79. The van der Waals surface area contributed by atoms with Crippen molar-refractivity contribution < 1.29 is 9.53 Å². The molecule has 0 atom stereocenters. The summed E-state index contributed by atoms with van der Waals surface area (Å²) in [5.74, 6) is 6.22. The molecule has 20 heavy (non-hydrogen) atoms. The average molecular weight is 290 g/mol. The van der Waals surface area contributed by atoms with Crippen LogP contribution < -0.4 is 16.0 Å². The number of hydrazine groups is 1. The van der Waals surface area contributed by atoms with Gasteiger partial charge in [0.2, 0.25) is 0 Å². The fourth-order valence-electron chi connectivity index (χ4n) is 1.46. The Balaban J connectivity index is 1.75. The topological polar surface area (TPSA) is 90.1 Å². The first-order valence-corrected chi connectivity index (χ1v) is 6.91. The molecular formula is C13H14N4O2S. The van der Waals surface area contributed by atoms with E-state index in [-0.39, 0.29) is 5.91 Å². The number of ether oxygens (including phenoxy) is 1. The number of carbonyl (C=O) groups excluding carboxylic acids is 1. The van der Waals surface area contributed by atoms with Crippen molar-refractivity contribution in [2.45, 2.75) is 5.03 Å². The van der Waals surface area contributed by atoms with Gasteiger partial charge in [0.15, 0.2) is 0 Å². The summed E-state index contributed by atoms with van der Waals surface area (Å²) in [7, 11) is 0. The molecule has 1 aromatic carbocycles. The molecule has 0 spiro atoms. The maximum atomic E-state index is 11.2. The van der Waals surface area contributed by atoms with Crippen LogP contribution >= 0.6 is 11.8 Å². The maximum Gasteiger partial charge on any atom is 0.265 e. The first kappa shape index (κ1) is 14.3. The van der Waals surface area contributed by atoms with E-state index < -0.39 is 0 Å². The number of amides is 1. The second-order valence-electron chi connectivity index (χ2n) is 3.74. The summed E-state index contributed by atoms with van der Waals surface area (Å²) >= 11 is 1.59. The molecule has 1 heterocycles. The van der Waals surface area contributed by atoms with Gasteiger partial charge in [0.05, 0.1) is 11.6 Å². The minimum absolute atomic E-state index is 0.323. The number of nitrogens with two attached hydrogens (primary N) is 1. The summed E-state index contributed by atoms with van der Waals surface area (Å²) < 4.78 is 5.57. The largest absolute Gasteiger partial charge is 0.493 e. The van der Waals surface area contributed by atoms with Crippen molar-refractivity contribution in [3.63, 3.8) is 0 Å². The number of rotatable bonds is 6. The van der Waals surface area contributed by atoms with Crippen molar-refractivity contribution in [1.82, 2.24) is 15.4 Å². The van der Waals surface area contributed by atoms with Crippen molar-refractivity contribution in [2.75, 3.05) is 12.4 Å². The Morgan fingerprint density at radius 2 is 2.10 bits per heavy atom. The van der Waals surface area contributed by atoms with E-state index in [0.29, 0.717) is 17.9 Å². The van der Waals surface area contributed by atoms with Crippen LogP contribution in [-0.4, -0.2) is 28.2 Å². The van der Waals surface area contributed by atoms with Gasteiger partial charge in [0.25, 0.3) is 5.91 Å². The summed E-state index contributed by atoms with van der Waals surface area (Å²) in [4.78, 5) is 19.2. The van der Waals surface area contributed by atoms with Crippen molar-refractivity contribution in [3.05, 3.63) is 48.4 Å². The molecule has 2 aromatic rings. The minimum atomic E-state index is -0.323. The van der Waals surface area contributed by atoms with Crippen LogP contribution in [0.5, 0.6) is 5.75 Å². The number of benzene rings is 1. The molecule has 0 fully saturated rings. The number of nitrogens with zero attached hydrogens (tertiary/aromatic N) is 2. The first-order valence-electron chi connectivity index (χ1n) is 5.92. The zero-order valence-corrected chi connectivity index (χ0v) is 11.5. The highest BCUT2D eigenvalue weighted by Gasteiger charge is 2.03. The van der Waals surface area contributed by atoms with E-state index >= 15 is 0 Å². The molecule has 7 heteroatoms. The van der Waals surface area contributed by atoms with Gasteiger partial charge in [-0.2, -0.15) is 0 Å². The normalized spacial score (nSPS) is 10.1. The van der Waals surface area contributed by atoms with E-state index in [4.69, 9.17) is 10.6 Å². The molecule has 0 radical (unpaired) electrons. The standard InChI is InChI=1S/C13H14N4O2S/c14-17-13(18)10-1-3-11(4-2-10)19-7-8-20-12-5-6-15-9-16-12/h1-6,9H,7-8,14H2,(H,17,18).